The molecule has 266 valence electrons. The summed E-state index contributed by atoms with van der Waals surface area (Å²) in [6, 6.07) is 7.07. The predicted octanol–water partition coefficient (Wildman–Crippen LogP) is 12.9. The highest BCUT2D eigenvalue weighted by Crippen LogP contribution is 2.15. The number of unbranched alkanes of at least 4 members (excludes halogenated alkanes) is 28. The summed E-state index contributed by atoms with van der Waals surface area (Å²) in [6.45, 7) is 6.00. The molecule has 2 N–H and O–H groups in total. The minimum absolute atomic E-state index is 0.0462. The van der Waals surface area contributed by atoms with Gasteiger partial charge in [-0.1, -0.05) is 194 Å². The molecule has 0 spiro atoms. The molecule has 0 aliphatic rings. The largest absolute Gasteiger partial charge is 0.352 e. The van der Waals surface area contributed by atoms with Crippen molar-refractivity contribution in [2.75, 3.05) is 13.1 Å². The maximum Gasteiger partial charge on any atom is 0.251 e. The fraction of sp³-hybridized carbons (Fsp3) is 0.810. The van der Waals surface area contributed by atoms with Crippen molar-refractivity contribution in [2.24, 2.45) is 0 Å². The lowest BCUT2D eigenvalue weighted by Gasteiger charge is -2.08. The molecule has 4 heteroatoms. The Hall–Kier alpha value is -1.84. The van der Waals surface area contributed by atoms with Crippen LogP contribution in [0.4, 0.5) is 0 Å². The Bertz CT molecular complexity index is 739. The molecule has 0 aliphatic carbocycles. The van der Waals surface area contributed by atoms with Crippen LogP contribution in [0.1, 0.15) is 227 Å². The van der Waals surface area contributed by atoms with Crippen LogP contribution in [0.3, 0.4) is 0 Å². The normalized spacial score (nSPS) is 11.2. The summed E-state index contributed by atoms with van der Waals surface area (Å²) in [5.74, 6) is -0.0924. The lowest BCUT2D eigenvalue weighted by molar-refractivity contribution is 0.0941. The van der Waals surface area contributed by atoms with Crippen LogP contribution >= 0.6 is 0 Å². The molecule has 0 atom stereocenters. The second-order valence-electron chi connectivity index (χ2n) is 14.0. The Morgan fingerprint density at radius 3 is 0.761 bits per heavy atom. The van der Waals surface area contributed by atoms with E-state index in [1.807, 2.05) is 0 Å². The Labute approximate surface area is 286 Å². The molecule has 1 aromatic carbocycles. The van der Waals surface area contributed by atoms with E-state index >= 15 is 0 Å². The summed E-state index contributed by atoms with van der Waals surface area (Å²) in [7, 11) is 0. The van der Waals surface area contributed by atoms with Gasteiger partial charge in [0, 0.05) is 24.2 Å². The van der Waals surface area contributed by atoms with Crippen molar-refractivity contribution in [3.05, 3.63) is 35.4 Å². The second kappa shape index (κ2) is 33.1. The Balaban J connectivity index is 1.93. The summed E-state index contributed by atoms with van der Waals surface area (Å²) < 4.78 is 0. The zero-order chi connectivity index (χ0) is 33.2. The molecule has 0 bridgehead atoms. The van der Waals surface area contributed by atoms with Gasteiger partial charge in [0.2, 0.25) is 0 Å². The average Bonchev–Trinajstić information content (AvgIpc) is 3.07. The highest BCUT2D eigenvalue weighted by Gasteiger charge is 2.08. The third-order valence-electron chi connectivity index (χ3n) is 9.54. The van der Waals surface area contributed by atoms with Crippen molar-refractivity contribution in [1.29, 1.82) is 0 Å². The minimum atomic E-state index is -0.0462. The molecule has 0 heterocycles. The highest BCUT2D eigenvalue weighted by atomic mass is 16.2. The van der Waals surface area contributed by atoms with Crippen LogP contribution in [0, 0.1) is 0 Å². The zero-order valence-corrected chi connectivity index (χ0v) is 30.8. The van der Waals surface area contributed by atoms with Gasteiger partial charge >= 0.3 is 0 Å². The minimum Gasteiger partial charge on any atom is -0.352 e. The molecule has 0 aliphatic heterocycles. The first kappa shape index (κ1) is 42.2. The number of amides is 2. The molecule has 0 unspecified atom stereocenters. The van der Waals surface area contributed by atoms with Crippen LogP contribution in [-0.4, -0.2) is 24.9 Å². The summed E-state index contributed by atoms with van der Waals surface area (Å²) in [4.78, 5) is 25.0. The van der Waals surface area contributed by atoms with E-state index in [-0.39, 0.29) is 11.8 Å². The lowest BCUT2D eigenvalue weighted by atomic mass is 10.0. The number of hydrogen-bond donors (Lipinski definition) is 2. The fourth-order valence-corrected chi connectivity index (χ4v) is 6.37. The molecule has 0 saturated carbocycles. The third-order valence-corrected chi connectivity index (χ3v) is 9.54. The summed E-state index contributed by atoms with van der Waals surface area (Å²) in [5.41, 5.74) is 1.25. The van der Waals surface area contributed by atoms with E-state index in [9.17, 15) is 9.59 Å². The molecule has 46 heavy (non-hydrogen) atoms. The first-order valence-corrected chi connectivity index (χ1v) is 20.4. The summed E-state index contributed by atoms with van der Waals surface area (Å²) in [5, 5.41) is 6.08. The summed E-state index contributed by atoms with van der Waals surface area (Å²) >= 11 is 0. The number of carbonyl (C=O) groups is 2. The molecule has 2 amide bonds. The molecule has 1 aromatic rings. The number of carbonyl (C=O) groups excluding carboxylic acids is 2. The fourth-order valence-electron chi connectivity index (χ4n) is 6.37. The number of nitrogens with one attached hydrogen (secondary N) is 2. The molecular weight excluding hydrogens is 564 g/mol. The van der Waals surface area contributed by atoms with Crippen LogP contribution in [0.25, 0.3) is 0 Å². The summed E-state index contributed by atoms with van der Waals surface area (Å²) in [6.07, 6.45) is 40.4. The Morgan fingerprint density at radius 2 is 0.543 bits per heavy atom. The van der Waals surface area contributed by atoms with E-state index in [0.717, 1.165) is 25.9 Å². The van der Waals surface area contributed by atoms with Gasteiger partial charge in [0.15, 0.2) is 0 Å². The van der Waals surface area contributed by atoms with E-state index in [0.29, 0.717) is 11.1 Å². The van der Waals surface area contributed by atoms with Gasteiger partial charge in [-0.15, -0.1) is 0 Å². The molecule has 4 nitrogen and oxygen atoms in total. The van der Waals surface area contributed by atoms with Crippen LogP contribution in [0.5, 0.6) is 0 Å². The monoisotopic (exact) mass is 641 g/mol. The van der Waals surface area contributed by atoms with Crippen molar-refractivity contribution >= 4 is 11.8 Å². The van der Waals surface area contributed by atoms with Gasteiger partial charge in [0.05, 0.1) is 0 Å². The van der Waals surface area contributed by atoms with Gasteiger partial charge in [-0.05, 0) is 37.1 Å². The van der Waals surface area contributed by atoms with E-state index in [2.05, 4.69) is 24.5 Å². The quantitative estimate of drug-likeness (QED) is 0.0736. The molecule has 0 aromatic heterocycles. The topological polar surface area (TPSA) is 58.2 Å². The standard InChI is InChI=1S/C42H76N2O2/c1-3-5-7-9-11-13-15-17-19-21-23-25-27-29-31-37-43-41(45)39-33-35-40(36-34-39)42(46)44-38-32-30-28-26-24-22-20-18-16-14-12-10-8-6-4-2/h33-36H,3-32,37-38H2,1-2H3,(H,43,45)(H,44,46). The Kier molecular flexibility index (Phi) is 30.3. The highest BCUT2D eigenvalue weighted by molar-refractivity contribution is 5.97. The first-order chi connectivity index (χ1) is 22.7. The maximum absolute atomic E-state index is 12.5. The van der Waals surface area contributed by atoms with Crippen molar-refractivity contribution in [2.45, 2.75) is 206 Å². The van der Waals surface area contributed by atoms with Crippen molar-refractivity contribution in [3.63, 3.8) is 0 Å². The van der Waals surface area contributed by atoms with Gasteiger partial charge in [-0.2, -0.15) is 0 Å². The van der Waals surface area contributed by atoms with Gasteiger partial charge in [0.1, 0.15) is 0 Å². The van der Waals surface area contributed by atoms with E-state index in [1.165, 1.54) is 180 Å². The van der Waals surface area contributed by atoms with E-state index < -0.39 is 0 Å². The maximum atomic E-state index is 12.5. The number of benzene rings is 1. The number of hydrogen-bond acceptors (Lipinski definition) is 2. The van der Waals surface area contributed by atoms with Crippen LogP contribution < -0.4 is 10.6 Å². The SMILES string of the molecule is CCCCCCCCCCCCCCCCCNC(=O)c1ccc(C(=O)NCCCCCCCCCCCCCCCCC)cc1. The van der Waals surface area contributed by atoms with Crippen LogP contribution in [0.2, 0.25) is 0 Å². The average molecular weight is 641 g/mol. The molecule has 0 saturated heterocycles. The van der Waals surface area contributed by atoms with Crippen molar-refractivity contribution in [1.82, 2.24) is 10.6 Å². The second-order valence-corrected chi connectivity index (χ2v) is 14.0. The van der Waals surface area contributed by atoms with E-state index in [4.69, 9.17) is 0 Å². The molecule has 0 radical (unpaired) electrons. The van der Waals surface area contributed by atoms with E-state index in [1.54, 1.807) is 24.3 Å². The van der Waals surface area contributed by atoms with Crippen LogP contribution in [-0.2, 0) is 0 Å². The van der Waals surface area contributed by atoms with Gasteiger partial charge in [0.25, 0.3) is 11.8 Å². The lowest BCUT2D eigenvalue weighted by Crippen LogP contribution is -2.26. The van der Waals surface area contributed by atoms with Gasteiger partial charge in [-0.3, -0.25) is 9.59 Å². The molecular formula is C42H76N2O2. The van der Waals surface area contributed by atoms with Crippen molar-refractivity contribution in [3.8, 4) is 0 Å². The molecule has 1 rings (SSSR count). The smallest absolute Gasteiger partial charge is 0.251 e. The zero-order valence-electron chi connectivity index (χ0n) is 30.8. The predicted molar refractivity (Wildman–Crippen MR) is 201 cm³/mol. The molecule has 0 fully saturated rings. The van der Waals surface area contributed by atoms with Gasteiger partial charge in [-0.25, -0.2) is 0 Å². The number of rotatable bonds is 34. The van der Waals surface area contributed by atoms with Crippen LogP contribution in [0.15, 0.2) is 24.3 Å². The Morgan fingerprint density at radius 1 is 0.348 bits per heavy atom. The third kappa shape index (κ3) is 26.3. The van der Waals surface area contributed by atoms with Crippen molar-refractivity contribution < 1.29 is 9.59 Å². The van der Waals surface area contributed by atoms with Gasteiger partial charge < -0.3 is 10.6 Å². The first-order valence-electron chi connectivity index (χ1n) is 20.4.